The number of anilines is 1. The molecule has 0 saturated carbocycles. The lowest BCUT2D eigenvalue weighted by Crippen LogP contribution is -2.35. The van der Waals surface area contributed by atoms with Crippen molar-refractivity contribution >= 4 is 33.4 Å². The van der Waals surface area contributed by atoms with Crippen LogP contribution in [-0.4, -0.2) is 30.3 Å². The van der Waals surface area contributed by atoms with Gasteiger partial charge in [0.05, 0.1) is 6.54 Å². The van der Waals surface area contributed by atoms with Crippen molar-refractivity contribution in [1.29, 1.82) is 0 Å². The van der Waals surface area contributed by atoms with E-state index in [1.807, 2.05) is 32.0 Å². The molecule has 120 valence electrons. The van der Waals surface area contributed by atoms with Crippen molar-refractivity contribution in [2.75, 3.05) is 18.9 Å². The number of benzene rings is 2. The van der Waals surface area contributed by atoms with Gasteiger partial charge in [-0.2, -0.15) is 0 Å². The average molecular weight is 375 g/mol. The molecule has 2 rings (SSSR count). The minimum Gasteiger partial charge on any atom is -0.332 e. The van der Waals surface area contributed by atoms with E-state index in [1.165, 1.54) is 4.90 Å². The molecule has 2 aromatic carbocycles. The Balaban J connectivity index is 2.00. The summed E-state index contributed by atoms with van der Waals surface area (Å²) in [7, 11) is 1.62. The summed E-state index contributed by atoms with van der Waals surface area (Å²) in [6.07, 6.45) is 0. The van der Waals surface area contributed by atoms with E-state index in [-0.39, 0.29) is 18.4 Å². The summed E-state index contributed by atoms with van der Waals surface area (Å²) in [5.74, 6) is -0.403. The second-order valence-electron chi connectivity index (χ2n) is 5.53. The number of likely N-dealkylation sites (N-methyl/N-ethyl adjacent to an activating group) is 1. The average Bonchev–Trinajstić information content (AvgIpc) is 2.51. The van der Waals surface area contributed by atoms with Crippen molar-refractivity contribution in [2.24, 2.45) is 0 Å². The molecule has 0 bridgehead atoms. The van der Waals surface area contributed by atoms with E-state index in [1.54, 1.807) is 31.3 Å². The van der Waals surface area contributed by atoms with Gasteiger partial charge in [0.25, 0.3) is 5.91 Å². The van der Waals surface area contributed by atoms with Crippen LogP contribution in [0.1, 0.15) is 21.5 Å². The Morgan fingerprint density at radius 3 is 2.39 bits per heavy atom. The third-order valence-electron chi connectivity index (χ3n) is 3.49. The number of hydrogen-bond donors (Lipinski definition) is 1. The van der Waals surface area contributed by atoms with Gasteiger partial charge >= 0.3 is 0 Å². The lowest BCUT2D eigenvalue weighted by atomic mass is 10.1. The minimum atomic E-state index is -0.216. The monoisotopic (exact) mass is 374 g/mol. The second kappa shape index (κ2) is 7.42. The van der Waals surface area contributed by atoms with Gasteiger partial charge < -0.3 is 10.2 Å². The normalized spacial score (nSPS) is 10.3. The highest BCUT2D eigenvalue weighted by atomic mass is 79.9. The van der Waals surface area contributed by atoms with Gasteiger partial charge in [0.2, 0.25) is 5.91 Å². The molecule has 0 heterocycles. The Kier molecular flexibility index (Phi) is 5.55. The topological polar surface area (TPSA) is 49.4 Å². The summed E-state index contributed by atoms with van der Waals surface area (Å²) in [6, 6.07) is 12.9. The van der Waals surface area contributed by atoms with Crippen LogP contribution in [0.15, 0.2) is 46.9 Å². The van der Waals surface area contributed by atoms with E-state index in [9.17, 15) is 9.59 Å². The standard InChI is InChI=1S/C18H19BrN2O2/c1-12-4-5-13(2)16(10-12)20-17(22)11-21(3)18(23)14-6-8-15(19)9-7-14/h4-10H,11H2,1-3H3,(H,20,22). The number of rotatable bonds is 4. The van der Waals surface area contributed by atoms with Crippen molar-refractivity contribution in [1.82, 2.24) is 4.90 Å². The molecule has 4 nitrogen and oxygen atoms in total. The van der Waals surface area contributed by atoms with Crippen molar-refractivity contribution in [3.8, 4) is 0 Å². The Morgan fingerprint density at radius 2 is 1.74 bits per heavy atom. The van der Waals surface area contributed by atoms with Crippen LogP contribution in [0.3, 0.4) is 0 Å². The van der Waals surface area contributed by atoms with Gasteiger partial charge in [0.15, 0.2) is 0 Å². The Labute approximate surface area is 144 Å². The van der Waals surface area contributed by atoms with Crippen LogP contribution in [0.4, 0.5) is 5.69 Å². The summed E-state index contributed by atoms with van der Waals surface area (Å²) < 4.78 is 0.907. The Morgan fingerprint density at radius 1 is 1.09 bits per heavy atom. The maximum Gasteiger partial charge on any atom is 0.254 e. The molecule has 0 fully saturated rings. The Bertz CT molecular complexity index is 726. The SMILES string of the molecule is Cc1ccc(C)c(NC(=O)CN(C)C(=O)c2ccc(Br)cc2)c1. The first kappa shape index (κ1) is 17.2. The minimum absolute atomic E-state index is 0.00226. The van der Waals surface area contributed by atoms with E-state index < -0.39 is 0 Å². The number of aryl methyl sites for hydroxylation is 2. The van der Waals surface area contributed by atoms with Crippen molar-refractivity contribution < 1.29 is 9.59 Å². The number of hydrogen-bond acceptors (Lipinski definition) is 2. The quantitative estimate of drug-likeness (QED) is 0.884. The zero-order valence-electron chi connectivity index (χ0n) is 13.4. The highest BCUT2D eigenvalue weighted by molar-refractivity contribution is 9.10. The summed E-state index contributed by atoms with van der Waals surface area (Å²) >= 11 is 3.33. The lowest BCUT2D eigenvalue weighted by molar-refractivity contribution is -0.116. The van der Waals surface area contributed by atoms with Crippen LogP contribution in [0.5, 0.6) is 0 Å². The van der Waals surface area contributed by atoms with Crippen LogP contribution in [-0.2, 0) is 4.79 Å². The number of nitrogens with one attached hydrogen (secondary N) is 1. The molecule has 0 aliphatic heterocycles. The van der Waals surface area contributed by atoms with Gasteiger partial charge in [0, 0.05) is 22.8 Å². The molecule has 2 aromatic rings. The molecule has 23 heavy (non-hydrogen) atoms. The van der Waals surface area contributed by atoms with Crippen LogP contribution < -0.4 is 5.32 Å². The highest BCUT2D eigenvalue weighted by Crippen LogP contribution is 2.16. The smallest absolute Gasteiger partial charge is 0.254 e. The van der Waals surface area contributed by atoms with Gasteiger partial charge in [-0.15, -0.1) is 0 Å². The number of amides is 2. The molecule has 0 aliphatic rings. The molecule has 0 radical (unpaired) electrons. The number of carbonyl (C=O) groups excluding carboxylic acids is 2. The van der Waals surface area contributed by atoms with Crippen molar-refractivity contribution in [3.63, 3.8) is 0 Å². The predicted molar refractivity (Wildman–Crippen MR) is 95.6 cm³/mol. The molecule has 0 atom stereocenters. The molecule has 0 saturated heterocycles. The fourth-order valence-corrected chi connectivity index (χ4v) is 2.42. The second-order valence-corrected chi connectivity index (χ2v) is 6.45. The van der Waals surface area contributed by atoms with E-state index in [0.29, 0.717) is 5.56 Å². The van der Waals surface area contributed by atoms with Crippen LogP contribution in [0.2, 0.25) is 0 Å². The molecular formula is C18H19BrN2O2. The van der Waals surface area contributed by atoms with Crippen molar-refractivity contribution in [2.45, 2.75) is 13.8 Å². The molecule has 0 unspecified atom stereocenters. The van der Waals surface area contributed by atoms with E-state index >= 15 is 0 Å². The summed E-state index contributed by atoms with van der Waals surface area (Å²) in [5.41, 5.74) is 3.39. The molecule has 0 spiro atoms. The zero-order chi connectivity index (χ0) is 17.0. The van der Waals surface area contributed by atoms with Crippen LogP contribution in [0, 0.1) is 13.8 Å². The first-order valence-electron chi connectivity index (χ1n) is 7.25. The maximum atomic E-state index is 12.3. The molecule has 5 heteroatoms. The van der Waals surface area contributed by atoms with Gasteiger partial charge in [0.1, 0.15) is 0 Å². The summed E-state index contributed by atoms with van der Waals surface area (Å²) in [6.45, 7) is 3.91. The third-order valence-corrected chi connectivity index (χ3v) is 4.01. The van der Waals surface area contributed by atoms with E-state index in [0.717, 1.165) is 21.3 Å². The first-order valence-corrected chi connectivity index (χ1v) is 8.04. The number of halogens is 1. The molecule has 0 aliphatic carbocycles. The number of nitrogens with zero attached hydrogens (tertiary/aromatic N) is 1. The third kappa shape index (κ3) is 4.66. The zero-order valence-corrected chi connectivity index (χ0v) is 15.0. The first-order chi connectivity index (χ1) is 10.9. The van der Waals surface area contributed by atoms with Gasteiger partial charge in [-0.1, -0.05) is 28.1 Å². The lowest BCUT2D eigenvalue weighted by Gasteiger charge is -2.17. The fraction of sp³-hybridized carbons (Fsp3) is 0.222. The largest absolute Gasteiger partial charge is 0.332 e. The molecule has 1 N–H and O–H groups in total. The molecular weight excluding hydrogens is 356 g/mol. The summed E-state index contributed by atoms with van der Waals surface area (Å²) in [5, 5.41) is 2.86. The maximum absolute atomic E-state index is 12.3. The highest BCUT2D eigenvalue weighted by Gasteiger charge is 2.15. The molecule has 2 amide bonds. The van der Waals surface area contributed by atoms with E-state index in [4.69, 9.17) is 0 Å². The predicted octanol–water partition coefficient (Wildman–Crippen LogP) is 3.78. The van der Waals surface area contributed by atoms with Crippen LogP contribution in [0.25, 0.3) is 0 Å². The van der Waals surface area contributed by atoms with Gasteiger partial charge in [-0.3, -0.25) is 9.59 Å². The summed E-state index contributed by atoms with van der Waals surface area (Å²) in [4.78, 5) is 25.9. The van der Waals surface area contributed by atoms with Crippen LogP contribution >= 0.6 is 15.9 Å². The van der Waals surface area contributed by atoms with Gasteiger partial charge in [-0.05, 0) is 55.3 Å². The molecule has 0 aromatic heterocycles. The van der Waals surface area contributed by atoms with Crippen molar-refractivity contribution in [3.05, 3.63) is 63.6 Å². The van der Waals surface area contributed by atoms with E-state index in [2.05, 4.69) is 21.2 Å². The Hall–Kier alpha value is -2.14. The number of carbonyl (C=O) groups is 2. The van der Waals surface area contributed by atoms with Gasteiger partial charge in [-0.25, -0.2) is 0 Å². The fourth-order valence-electron chi connectivity index (χ4n) is 2.16.